The van der Waals surface area contributed by atoms with Gasteiger partial charge in [0.25, 0.3) is 0 Å². The highest BCUT2D eigenvalue weighted by Gasteiger charge is 2.25. The van der Waals surface area contributed by atoms with Crippen LogP contribution in [0.15, 0.2) is 30.9 Å². The molecule has 4 heteroatoms. The lowest BCUT2D eigenvalue weighted by molar-refractivity contribution is -0.122. The lowest BCUT2D eigenvalue weighted by Gasteiger charge is -2.31. The van der Waals surface area contributed by atoms with Crippen LogP contribution in [0.4, 0.5) is 0 Å². The van der Waals surface area contributed by atoms with Crippen LogP contribution in [0.2, 0.25) is 0 Å². The molecule has 0 saturated heterocycles. The summed E-state index contributed by atoms with van der Waals surface area (Å²) in [6.07, 6.45) is 12.4. The predicted molar refractivity (Wildman–Crippen MR) is 109 cm³/mol. The van der Waals surface area contributed by atoms with Crippen LogP contribution in [-0.2, 0) is 28.9 Å². The fourth-order valence-corrected chi connectivity index (χ4v) is 4.49. The third kappa shape index (κ3) is 5.69. The number of carbonyl (C=O) groups is 2. The number of aryl methyl sites for hydroxylation is 2. The second-order valence-corrected chi connectivity index (χ2v) is 8.01. The lowest BCUT2D eigenvalue weighted by atomic mass is 9.83. The van der Waals surface area contributed by atoms with Crippen LogP contribution in [0.25, 0.3) is 0 Å². The minimum absolute atomic E-state index is 0.000623. The number of carbonyl (C=O) groups excluding carboxylic acids is 2. The number of nitrogens with one attached hydrogen (secondary N) is 2. The lowest BCUT2D eigenvalue weighted by Crippen LogP contribution is -2.48. The molecule has 3 rings (SSSR count). The Bertz CT molecular complexity index is 677. The van der Waals surface area contributed by atoms with Crippen molar-refractivity contribution in [2.45, 2.75) is 70.3 Å². The number of fused-ring (bicyclic) bond motifs is 1. The Morgan fingerprint density at radius 2 is 1.81 bits per heavy atom. The first-order valence-electron chi connectivity index (χ1n) is 10.5. The zero-order valence-electron chi connectivity index (χ0n) is 16.3. The van der Waals surface area contributed by atoms with E-state index in [1.54, 1.807) is 0 Å². The molecule has 1 fully saturated rings. The maximum atomic E-state index is 12.7. The molecule has 1 aromatic carbocycles. The summed E-state index contributed by atoms with van der Waals surface area (Å²) in [5.41, 5.74) is 3.94. The van der Waals surface area contributed by atoms with Crippen molar-refractivity contribution in [3.8, 4) is 0 Å². The van der Waals surface area contributed by atoms with Crippen LogP contribution in [0.3, 0.4) is 0 Å². The highest BCUT2D eigenvalue weighted by Crippen LogP contribution is 2.27. The van der Waals surface area contributed by atoms with Gasteiger partial charge in [0.15, 0.2) is 0 Å². The van der Waals surface area contributed by atoms with E-state index in [2.05, 4.69) is 35.4 Å². The Morgan fingerprint density at radius 3 is 2.56 bits per heavy atom. The minimum atomic E-state index is -0.181. The molecule has 146 valence electrons. The molecule has 2 amide bonds. The van der Waals surface area contributed by atoms with E-state index in [0.29, 0.717) is 18.9 Å². The van der Waals surface area contributed by atoms with Crippen molar-refractivity contribution in [2.75, 3.05) is 6.54 Å². The molecule has 0 heterocycles. The third-order valence-corrected chi connectivity index (χ3v) is 6.02. The number of amides is 2. The van der Waals surface area contributed by atoms with Gasteiger partial charge in [0.1, 0.15) is 0 Å². The van der Waals surface area contributed by atoms with E-state index in [4.69, 9.17) is 0 Å². The first-order valence-corrected chi connectivity index (χ1v) is 10.5. The van der Waals surface area contributed by atoms with Crippen LogP contribution in [0.1, 0.15) is 61.6 Å². The molecule has 0 bridgehead atoms. The number of hydrogen-bond acceptors (Lipinski definition) is 2. The van der Waals surface area contributed by atoms with Gasteiger partial charge >= 0.3 is 0 Å². The summed E-state index contributed by atoms with van der Waals surface area (Å²) in [7, 11) is 0. The maximum Gasteiger partial charge on any atom is 0.243 e. The van der Waals surface area contributed by atoms with Crippen molar-refractivity contribution < 1.29 is 9.59 Å². The average Bonchev–Trinajstić information content (AvgIpc) is 2.71. The van der Waals surface area contributed by atoms with Gasteiger partial charge in [0, 0.05) is 12.6 Å². The molecule has 1 unspecified atom stereocenters. The van der Waals surface area contributed by atoms with Crippen molar-refractivity contribution in [1.82, 2.24) is 10.6 Å². The van der Waals surface area contributed by atoms with E-state index >= 15 is 0 Å². The normalized spacial score (nSPS) is 18.2. The second kappa shape index (κ2) is 9.72. The van der Waals surface area contributed by atoms with Gasteiger partial charge in [-0.25, -0.2) is 0 Å². The zero-order chi connectivity index (χ0) is 19.1. The zero-order valence-corrected chi connectivity index (χ0v) is 16.3. The first-order chi connectivity index (χ1) is 13.2. The van der Waals surface area contributed by atoms with E-state index in [9.17, 15) is 9.59 Å². The minimum Gasteiger partial charge on any atom is -0.351 e. The molecule has 27 heavy (non-hydrogen) atoms. The first kappa shape index (κ1) is 19.7. The summed E-state index contributed by atoms with van der Waals surface area (Å²) in [5, 5.41) is 6.07. The Kier molecular flexibility index (Phi) is 7.08. The van der Waals surface area contributed by atoms with Gasteiger partial charge in [-0.2, -0.15) is 0 Å². The van der Waals surface area contributed by atoms with Crippen LogP contribution in [-0.4, -0.2) is 24.4 Å². The summed E-state index contributed by atoms with van der Waals surface area (Å²) < 4.78 is 0. The Morgan fingerprint density at radius 1 is 1.07 bits per heavy atom. The Hall–Kier alpha value is -2.10. The fourth-order valence-electron chi connectivity index (χ4n) is 4.49. The van der Waals surface area contributed by atoms with Crippen LogP contribution >= 0.6 is 0 Å². The second-order valence-electron chi connectivity index (χ2n) is 8.01. The van der Waals surface area contributed by atoms with Gasteiger partial charge in [-0.05, 0) is 67.2 Å². The summed E-state index contributed by atoms with van der Waals surface area (Å²) >= 11 is 0. The van der Waals surface area contributed by atoms with Crippen LogP contribution < -0.4 is 10.6 Å². The predicted octanol–water partition coefficient (Wildman–Crippen LogP) is 3.48. The summed E-state index contributed by atoms with van der Waals surface area (Å²) in [6, 6.07) is 6.50. The molecule has 0 radical (unpaired) electrons. The molecule has 4 nitrogen and oxygen atoms in total. The summed E-state index contributed by atoms with van der Waals surface area (Å²) in [5.74, 6) is 0.310. The summed E-state index contributed by atoms with van der Waals surface area (Å²) in [4.78, 5) is 24.3. The van der Waals surface area contributed by atoms with E-state index in [1.165, 1.54) is 49.3 Å². The van der Waals surface area contributed by atoms with Crippen molar-refractivity contribution >= 4 is 11.8 Å². The Labute approximate surface area is 162 Å². The fraction of sp³-hybridized carbons (Fsp3) is 0.565. The van der Waals surface area contributed by atoms with Gasteiger partial charge in [-0.1, -0.05) is 44.0 Å². The SMILES string of the molecule is C=CC(=O)NCC(NC(=O)Cc1ccc2c(c1)CCCC2)C1CCCCC1. The Balaban J connectivity index is 1.60. The van der Waals surface area contributed by atoms with Gasteiger partial charge in [-0.3, -0.25) is 9.59 Å². The van der Waals surface area contributed by atoms with Crippen LogP contribution in [0, 0.1) is 5.92 Å². The molecule has 0 spiro atoms. The molecule has 2 N–H and O–H groups in total. The molecule has 1 aromatic rings. The average molecular weight is 369 g/mol. The molecule has 2 aliphatic rings. The molecular formula is C23H32N2O2. The van der Waals surface area contributed by atoms with Gasteiger partial charge in [0.05, 0.1) is 6.42 Å². The summed E-state index contributed by atoms with van der Waals surface area (Å²) in [6.45, 7) is 3.98. The van der Waals surface area contributed by atoms with Crippen molar-refractivity contribution in [2.24, 2.45) is 5.92 Å². The van der Waals surface area contributed by atoms with Crippen molar-refractivity contribution in [3.63, 3.8) is 0 Å². The quantitative estimate of drug-likeness (QED) is 0.724. The molecule has 1 saturated carbocycles. The van der Waals surface area contributed by atoms with E-state index in [-0.39, 0.29) is 17.9 Å². The highest BCUT2D eigenvalue weighted by molar-refractivity contribution is 5.87. The van der Waals surface area contributed by atoms with Gasteiger partial charge < -0.3 is 10.6 Å². The third-order valence-electron chi connectivity index (χ3n) is 6.02. The highest BCUT2D eigenvalue weighted by atomic mass is 16.2. The molecular weight excluding hydrogens is 336 g/mol. The smallest absolute Gasteiger partial charge is 0.243 e. The molecule has 1 atom stereocenters. The largest absolute Gasteiger partial charge is 0.351 e. The van der Waals surface area contributed by atoms with E-state index in [0.717, 1.165) is 31.2 Å². The number of hydrogen-bond donors (Lipinski definition) is 2. The maximum absolute atomic E-state index is 12.7. The van der Waals surface area contributed by atoms with Crippen LogP contribution in [0.5, 0.6) is 0 Å². The molecule has 2 aliphatic carbocycles. The van der Waals surface area contributed by atoms with Crippen molar-refractivity contribution in [1.29, 1.82) is 0 Å². The van der Waals surface area contributed by atoms with Gasteiger partial charge in [-0.15, -0.1) is 0 Å². The standard InChI is InChI=1S/C23H32N2O2/c1-2-22(26)24-16-21(19-9-4-3-5-10-19)25-23(27)15-17-12-13-18-8-6-7-11-20(18)14-17/h2,12-14,19,21H,1,3-11,15-16H2,(H,24,26)(H,25,27). The monoisotopic (exact) mass is 368 g/mol. The molecule has 0 aliphatic heterocycles. The van der Waals surface area contributed by atoms with E-state index in [1.807, 2.05) is 0 Å². The number of benzene rings is 1. The topological polar surface area (TPSA) is 58.2 Å². The number of rotatable bonds is 7. The van der Waals surface area contributed by atoms with E-state index < -0.39 is 0 Å². The molecule has 0 aromatic heterocycles. The van der Waals surface area contributed by atoms with Gasteiger partial charge in [0.2, 0.25) is 11.8 Å². The van der Waals surface area contributed by atoms with Crippen molar-refractivity contribution in [3.05, 3.63) is 47.5 Å².